The largest absolute Gasteiger partial charge is 0.495 e. The number of benzene rings is 2. The van der Waals surface area contributed by atoms with Crippen LogP contribution in [0.15, 0.2) is 77.5 Å². The van der Waals surface area contributed by atoms with E-state index in [0.717, 1.165) is 43.4 Å². The lowest BCUT2D eigenvalue weighted by atomic mass is 10.1. The quantitative estimate of drug-likeness (QED) is 0.156. The molecule has 0 atom stereocenters. The molecule has 1 amide bonds. The Bertz CT molecular complexity index is 1850. The summed E-state index contributed by atoms with van der Waals surface area (Å²) < 4.78 is 53.0. The van der Waals surface area contributed by atoms with Gasteiger partial charge >= 0.3 is 6.18 Å². The van der Waals surface area contributed by atoms with Gasteiger partial charge < -0.3 is 14.1 Å². The molecule has 1 aliphatic rings. The standard InChI is InChI=1S/C33H28Cl2F3N5O3/c1-45-28-9-6-21(18-26(28)35)31-40-30(20-12-14-39-15-13-20)41-43(31)17-16-42(23-4-2-3-5-23)32(44)29-11-10-27(46-29)24-19-22(33(36,37)38)7-8-25(24)34/h6-15,18-19,23H,2-5,16-17H2,1H3. The number of carbonyl (C=O) groups is 1. The number of carbonyl (C=O) groups excluding carboxylic acids is 1. The van der Waals surface area contributed by atoms with Gasteiger partial charge in [-0.2, -0.15) is 18.3 Å². The van der Waals surface area contributed by atoms with E-state index in [1.165, 1.54) is 25.3 Å². The molecule has 5 aromatic rings. The number of methoxy groups -OCH3 is 1. The van der Waals surface area contributed by atoms with Crippen LogP contribution >= 0.6 is 23.2 Å². The summed E-state index contributed by atoms with van der Waals surface area (Å²) in [7, 11) is 1.54. The molecule has 6 rings (SSSR count). The third-order valence-electron chi connectivity index (χ3n) is 7.98. The van der Waals surface area contributed by atoms with Crippen molar-refractivity contribution in [3.05, 3.63) is 94.4 Å². The van der Waals surface area contributed by atoms with Gasteiger partial charge in [0.2, 0.25) is 0 Å². The molecule has 0 N–H and O–H groups in total. The first-order valence-corrected chi connectivity index (χ1v) is 15.3. The van der Waals surface area contributed by atoms with Crippen molar-refractivity contribution in [1.29, 1.82) is 0 Å². The number of nitrogens with zero attached hydrogens (tertiary/aromatic N) is 5. The maximum Gasteiger partial charge on any atom is 0.416 e. The fraction of sp³-hybridized carbons (Fsp3) is 0.273. The Morgan fingerprint density at radius 1 is 1.00 bits per heavy atom. The number of hydrogen-bond acceptors (Lipinski definition) is 6. The summed E-state index contributed by atoms with van der Waals surface area (Å²) in [6.07, 6.45) is 2.35. The van der Waals surface area contributed by atoms with Crippen LogP contribution in [0.5, 0.6) is 5.75 Å². The Hall–Kier alpha value is -4.35. The molecule has 0 bridgehead atoms. The first-order valence-electron chi connectivity index (χ1n) is 14.6. The molecular formula is C33H28Cl2F3N5O3. The zero-order valence-electron chi connectivity index (χ0n) is 24.6. The number of halogens is 5. The van der Waals surface area contributed by atoms with E-state index in [-0.39, 0.29) is 40.6 Å². The van der Waals surface area contributed by atoms with Crippen molar-refractivity contribution in [2.24, 2.45) is 0 Å². The lowest BCUT2D eigenvalue weighted by molar-refractivity contribution is -0.137. The third kappa shape index (κ3) is 6.61. The molecule has 1 aliphatic carbocycles. The molecule has 3 aromatic heterocycles. The normalized spacial score (nSPS) is 13.7. The first kappa shape index (κ1) is 31.6. The van der Waals surface area contributed by atoms with Gasteiger partial charge in [-0.15, -0.1) is 0 Å². The maximum absolute atomic E-state index is 13.9. The summed E-state index contributed by atoms with van der Waals surface area (Å²) in [5, 5.41) is 5.27. The number of ether oxygens (including phenoxy) is 1. The van der Waals surface area contributed by atoms with Crippen molar-refractivity contribution in [2.75, 3.05) is 13.7 Å². The zero-order chi connectivity index (χ0) is 32.4. The Kier molecular flexibility index (Phi) is 9.06. The minimum absolute atomic E-state index is 0.00797. The number of aromatic nitrogens is 4. The SMILES string of the molecule is COc1ccc(-c2nc(-c3ccncc3)nn2CCN(C(=O)c2ccc(-c3cc(C(F)(F)F)ccc3Cl)o2)C2CCCC2)cc1Cl. The van der Waals surface area contributed by atoms with E-state index in [2.05, 4.69) is 4.98 Å². The van der Waals surface area contributed by atoms with E-state index >= 15 is 0 Å². The Balaban J connectivity index is 1.31. The monoisotopic (exact) mass is 669 g/mol. The number of alkyl halides is 3. The number of hydrogen-bond donors (Lipinski definition) is 0. The van der Waals surface area contributed by atoms with E-state index in [1.807, 2.05) is 18.2 Å². The van der Waals surface area contributed by atoms with Crippen LogP contribution in [-0.2, 0) is 12.7 Å². The summed E-state index contributed by atoms with van der Waals surface area (Å²) in [6.45, 7) is 0.576. The van der Waals surface area contributed by atoms with Crippen LogP contribution in [0.1, 0.15) is 41.8 Å². The molecule has 2 aromatic carbocycles. The van der Waals surface area contributed by atoms with Crippen molar-refractivity contribution in [2.45, 2.75) is 44.4 Å². The predicted molar refractivity (Wildman–Crippen MR) is 168 cm³/mol. The van der Waals surface area contributed by atoms with Gasteiger partial charge in [0.05, 0.1) is 29.3 Å². The minimum atomic E-state index is -4.56. The van der Waals surface area contributed by atoms with E-state index in [0.29, 0.717) is 34.5 Å². The van der Waals surface area contributed by atoms with Crippen molar-refractivity contribution >= 4 is 29.1 Å². The number of pyridine rings is 1. The van der Waals surface area contributed by atoms with Crippen LogP contribution in [0.3, 0.4) is 0 Å². The predicted octanol–water partition coefficient (Wildman–Crippen LogP) is 8.69. The Labute approximate surface area is 272 Å². The van der Waals surface area contributed by atoms with Gasteiger partial charge in [-0.25, -0.2) is 9.67 Å². The topological polar surface area (TPSA) is 86.3 Å². The second-order valence-electron chi connectivity index (χ2n) is 10.9. The average molecular weight is 671 g/mol. The van der Waals surface area contributed by atoms with Crippen LogP contribution in [0, 0.1) is 0 Å². The molecule has 3 heterocycles. The zero-order valence-corrected chi connectivity index (χ0v) is 26.1. The summed E-state index contributed by atoms with van der Waals surface area (Å²) in [5.74, 6) is 1.26. The number of amides is 1. The number of furan rings is 1. The van der Waals surface area contributed by atoms with Crippen LogP contribution in [-0.4, -0.2) is 50.3 Å². The molecule has 1 saturated carbocycles. The van der Waals surface area contributed by atoms with Crippen molar-refractivity contribution < 1.29 is 27.1 Å². The van der Waals surface area contributed by atoms with Crippen LogP contribution in [0.2, 0.25) is 10.0 Å². The van der Waals surface area contributed by atoms with Gasteiger partial charge in [-0.3, -0.25) is 9.78 Å². The first-order chi connectivity index (χ1) is 22.1. The highest BCUT2D eigenvalue weighted by Crippen LogP contribution is 2.37. The van der Waals surface area contributed by atoms with Crippen LogP contribution < -0.4 is 4.74 Å². The summed E-state index contributed by atoms with van der Waals surface area (Å²) >= 11 is 12.7. The molecule has 0 aliphatic heterocycles. The van der Waals surface area contributed by atoms with E-state index in [1.54, 1.807) is 34.1 Å². The summed E-state index contributed by atoms with van der Waals surface area (Å²) in [6, 6.07) is 14.8. The van der Waals surface area contributed by atoms with Gasteiger partial charge in [-0.1, -0.05) is 36.0 Å². The van der Waals surface area contributed by atoms with E-state index < -0.39 is 11.7 Å². The van der Waals surface area contributed by atoms with Gasteiger partial charge in [0.15, 0.2) is 17.4 Å². The molecule has 238 valence electrons. The third-order valence-corrected chi connectivity index (χ3v) is 8.60. The van der Waals surface area contributed by atoms with Crippen LogP contribution in [0.25, 0.3) is 34.1 Å². The molecule has 1 fully saturated rings. The minimum Gasteiger partial charge on any atom is -0.495 e. The average Bonchev–Trinajstić information content (AvgIpc) is 3.83. The number of rotatable bonds is 9. The van der Waals surface area contributed by atoms with Gasteiger partial charge in [-0.05, 0) is 73.5 Å². The molecule has 8 nitrogen and oxygen atoms in total. The van der Waals surface area contributed by atoms with Gasteiger partial charge in [0.25, 0.3) is 5.91 Å². The molecule has 0 saturated heterocycles. The molecular weight excluding hydrogens is 642 g/mol. The molecule has 0 spiro atoms. The van der Waals surface area contributed by atoms with E-state index in [4.69, 9.17) is 42.4 Å². The van der Waals surface area contributed by atoms with Crippen molar-refractivity contribution in [3.63, 3.8) is 0 Å². The highest BCUT2D eigenvalue weighted by atomic mass is 35.5. The molecule has 0 unspecified atom stereocenters. The molecule has 13 heteroatoms. The molecule has 0 radical (unpaired) electrons. The second kappa shape index (κ2) is 13.2. The molecule has 46 heavy (non-hydrogen) atoms. The van der Waals surface area contributed by atoms with Crippen molar-refractivity contribution in [3.8, 4) is 39.8 Å². The van der Waals surface area contributed by atoms with Gasteiger partial charge in [0, 0.05) is 41.7 Å². The van der Waals surface area contributed by atoms with Gasteiger partial charge in [0.1, 0.15) is 11.5 Å². The fourth-order valence-corrected chi connectivity index (χ4v) is 6.11. The highest BCUT2D eigenvalue weighted by Gasteiger charge is 2.33. The lowest BCUT2D eigenvalue weighted by Gasteiger charge is -2.28. The fourth-order valence-electron chi connectivity index (χ4n) is 5.64. The Morgan fingerprint density at radius 2 is 1.76 bits per heavy atom. The van der Waals surface area contributed by atoms with E-state index in [9.17, 15) is 18.0 Å². The Morgan fingerprint density at radius 3 is 2.46 bits per heavy atom. The second-order valence-corrected chi connectivity index (χ2v) is 11.7. The summed E-state index contributed by atoms with van der Waals surface area (Å²) in [4.78, 5) is 24.6. The van der Waals surface area contributed by atoms with Crippen molar-refractivity contribution in [1.82, 2.24) is 24.6 Å². The summed E-state index contributed by atoms with van der Waals surface area (Å²) in [5.41, 5.74) is 0.675. The lowest BCUT2D eigenvalue weighted by Crippen LogP contribution is -2.41. The smallest absolute Gasteiger partial charge is 0.416 e. The van der Waals surface area contributed by atoms with Crippen LogP contribution in [0.4, 0.5) is 13.2 Å². The highest BCUT2D eigenvalue weighted by molar-refractivity contribution is 6.33. The maximum atomic E-state index is 13.9.